The fraction of sp³-hybridized carbons (Fsp3) is 0.591. The van der Waals surface area contributed by atoms with Crippen molar-refractivity contribution in [2.75, 3.05) is 11.4 Å². The quantitative estimate of drug-likeness (QED) is 0.572. The first-order valence-corrected chi connectivity index (χ1v) is 10.3. The average molecular weight is 404 g/mol. The van der Waals surface area contributed by atoms with E-state index in [9.17, 15) is 4.79 Å². The summed E-state index contributed by atoms with van der Waals surface area (Å²) < 4.78 is 1.10. The Morgan fingerprint density at radius 1 is 1.24 bits per heavy atom. The van der Waals surface area contributed by atoms with Crippen LogP contribution in [0.2, 0.25) is 0 Å². The molecule has 25 heavy (non-hydrogen) atoms. The molecule has 0 saturated heterocycles. The van der Waals surface area contributed by atoms with Crippen LogP contribution in [0.5, 0.6) is 0 Å². The maximum atomic E-state index is 13.4. The van der Waals surface area contributed by atoms with Crippen molar-refractivity contribution in [3.8, 4) is 0 Å². The second-order valence-corrected chi connectivity index (χ2v) is 9.56. The highest BCUT2D eigenvalue weighted by Crippen LogP contribution is 2.47. The Labute approximate surface area is 160 Å². The van der Waals surface area contributed by atoms with Gasteiger partial charge < -0.3 is 4.90 Å². The van der Waals surface area contributed by atoms with E-state index in [4.69, 9.17) is 0 Å². The van der Waals surface area contributed by atoms with Crippen LogP contribution < -0.4 is 4.90 Å². The Kier molecular flexibility index (Phi) is 4.91. The lowest BCUT2D eigenvalue weighted by Crippen LogP contribution is -2.38. The number of halogens is 1. The maximum absolute atomic E-state index is 13.4. The van der Waals surface area contributed by atoms with E-state index in [0.29, 0.717) is 5.41 Å². The lowest BCUT2D eigenvalue weighted by molar-refractivity contribution is -0.115. The first kappa shape index (κ1) is 18.7. The van der Waals surface area contributed by atoms with E-state index < -0.39 is 0 Å². The normalized spacial score (nSPS) is 21.4. The Hall–Kier alpha value is -1.09. The summed E-state index contributed by atoms with van der Waals surface area (Å²) in [4.78, 5) is 15.5. The molecule has 2 nitrogen and oxygen atoms in total. The summed E-state index contributed by atoms with van der Waals surface area (Å²) in [6, 6.07) is 6.40. The predicted octanol–water partition coefficient (Wildman–Crippen LogP) is 6.38. The van der Waals surface area contributed by atoms with E-state index in [1.54, 1.807) is 0 Å². The molecule has 1 amide bonds. The largest absolute Gasteiger partial charge is 0.307 e. The van der Waals surface area contributed by atoms with Gasteiger partial charge in [0, 0.05) is 27.7 Å². The number of amides is 1. The third kappa shape index (κ3) is 3.20. The second-order valence-electron chi connectivity index (χ2n) is 8.64. The number of hydrogen-bond donors (Lipinski definition) is 0. The zero-order valence-electron chi connectivity index (χ0n) is 16.2. The van der Waals surface area contributed by atoms with E-state index in [0.717, 1.165) is 54.4 Å². The summed E-state index contributed by atoms with van der Waals surface area (Å²) in [5, 5.41) is 0. The van der Waals surface area contributed by atoms with Crippen LogP contribution >= 0.6 is 15.9 Å². The molecule has 1 aromatic rings. The number of hydrogen-bond acceptors (Lipinski definition) is 1. The van der Waals surface area contributed by atoms with Gasteiger partial charge in [0.15, 0.2) is 0 Å². The minimum Gasteiger partial charge on any atom is -0.307 e. The van der Waals surface area contributed by atoms with Crippen molar-refractivity contribution in [2.45, 2.75) is 72.1 Å². The Morgan fingerprint density at radius 3 is 2.52 bits per heavy atom. The minimum atomic E-state index is 0.0805. The van der Waals surface area contributed by atoms with Gasteiger partial charge in [-0.1, -0.05) is 49.2 Å². The van der Waals surface area contributed by atoms with Crippen molar-refractivity contribution in [3.63, 3.8) is 0 Å². The number of rotatable bonds is 3. The zero-order chi connectivity index (χ0) is 18.4. The lowest BCUT2D eigenvalue weighted by atomic mass is 9.74. The van der Waals surface area contributed by atoms with E-state index >= 15 is 0 Å². The van der Waals surface area contributed by atoms with Crippen LogP contribution in [0.15, 0.2) is 33.8 Å². The topological polar surface area (TPSA) is 20.3 Å². The fourth-order valence-corrected chi connectivity index (χ4v) is 5.08. The van der Waals surface area contributed by atoms with Gasteiger partial charge in [0.05, 0.1) is 0 Å². The number of carbonyl (C=O) groups excluding carboxylic acids is 1. The SMILES string of the molecule is CCC1(CC)CN(C(=O)C2=C(C)CC(C)(C)CC2)c2ccc(Br)cc21. The Balaban J connectivity index is 2.01. The monoisotopic (exact) mass is 403 g/mol. The maximum Gasteiger partial charge on any atom is 0.254 e. The lowest BCUT2D eigenvalue weighted by Gasteiger charge is -2.33. The minimum absolute atomic E-state index is 0.0805. The molecule has 136 valence electrons. The van der Waals surface area contributed by atoms with Crippen LogP contribution in [-0.4, -0.2) is 12.5 Å². The van der Waals surface area contributed by atoms with Crippen molar-refractivity contribution in [1.29, 1.82) is 0 Å². The van der Waals surface area contributed by atoms with Gasteiger partial charge in [-0.3, -0.25) is 4.79 Å². The molecule has 1 aliphatic heterocycles. The molecule has 0 aromatic heterocycles. The first-order chi connectivity index (χ1) is 11.7. The molecule has 0 saturated carbocycles. The van der Waals surface area contributed by atoms with Crippen LogP contribution in [0, 0.1) is 5.41 Å². The highest BCUT2D eigenvalue weighted by atomic mass is 79.9. The summed E-state index contributed by atoms with van der Waals surface area (Å²) in [5.41, 5.74) is 5.17. The number of anilines is 1. The molecule has 1 aromatic carbocycles. The van der Waals surface area contributed by atoms with Crippen LogP contribution in [0.3, 0.4) is 0 Å². The molecule has 0 spiro atoms. The molecule has 2 aliphatic rings. The number of benzene rings is 1. The highest BCUT2D eigenvalue weighted by molar-refractivity contribution is 9.10. The van der Waals surface area contributed by atoms with E-state index in [2.05, 4.69) is 73.6 Å². The van der Waals surface area contributed by atoms with Crippen LogP contribution in [0.1, 0.15) is 72.3 Å². The molecule has 0 N–H and O–H groups in total. The molecule has 0 fully saturated rings. The van der Waals surface area contributed by atoms with Gasteiger partial charge in [-0.05, 0) is 68.2 Å². The van der Waals surface area contributed by atoms with Crippen molar-refractivity contribution < 1.29 is 4.79 Å². The second kappa shape index (κ2) is 6.57. The summed E-state index contributed by atoms with van der Waals surface area (Å²) >= 11 is 3.62. The van der Waals surface area contributed by atoms with Crippen molar-refractivity contribution in [3.05, 3.63) is 39.4 Å². The van der Waals surface area contributed by atoms with E-state index in [1.165, 1.54) is 11.1 Å². The van der Waals surface area contributed by atoms with Gasteiger partial charge in [0.25, 0.3) is 5.91 Å². The molecule has 0 unspecified atom stereocenters. The Bertz CT molecular complexity index is 728. The predicted molar refractivity (Wildman–Crippen MR) is 109 cm³/mol. The molecule has 0 atom stereocenters. The van der Waals surface area contributed by atoms with Crippen molar-refractivity contribution in [1.82, 2.24) is 0 Å². The van der Waals surface area contributed by atoms with Crippen molar-refractivity contribution >= 4 is 27.5 Å². The van der Waals surface area contributed by atoms with E-state index in [1.807, 2.05) is 0 Å². The number of allylic oxidation sites excluding steroid dienone is 1. The van der Waals surface area contributed by atoms with Gasteiger partial charge in [-0.2, -0.15) is 0 Å². The van der Waals surface area contributed by atoms with Crippen LogP contribution in [-0.2, 0) is 10.2 Å². The van der Waals surface area contributed by atoms with Crippen molar-refractivity contribution in [2.24, 2.45) is 5.41 Å². The van der Waals surface area contributed by atoms with Gasteiger partial charge in [-0.15, -0.1) is 0 Å². The average Bonchev–Trinajstić information content (AvgIpc) is 2.88. The first-order valence-electron chi connectivity index (χ1n) is 9.53. The smallest absolute Gasteiger partial charge is 0.254 e. The van der Waals surface area contributed by atoms with Crippen LogP contribution in [0.4, 0.5) is 5.69 Å². The molecular weight excluding hydrogens is 374 g/mol. The summed E-state index contributed by atoms with van der Waals surface area (Å²) in [7, 11) is 0. The third-order valence-corrected chi connectivity index (χ3v) is 6.94. The van der Waals surface area contributed by atoms with E-state index in [-0.39, 0.29) is 11.3 Å². The highest BCUT2D eigenvalue weighted by Gasteiger charge is 2.43. The van der Waals surface area contributed by atoms with Gasteiger partial charge in [-0.25, -0.2) is 0 Å². The summed E-state index contributed by atoms with van der Waals surface area (Å²) in [5.74, 6) is 0.236. The molecule has 3 rings (SSSR count). The number of carbonyl (C=O) groups is 1. The van der Waals surface area contributed by atoms with Gasteiger partial charge >= 0.3 is 0 Å². The third-order valence-electron chi connectivity index (χ3n) is 6.45. The molecule has 0 bridgehead atoms. The molecule has 0 radical (unpaired) electrons. The van der Waals surface area contributed by atoms with Crippen LogP contribution in [0.25, 0.3) is 0 Å². The molecule has 1 heterocycles. The van der Waals surface area contributed by atoms with Gasteiger partial charge in [0.1, 0.15) is 0 Å². The number of nitrogens with zero attached hydrogens (tertiary/aromatic N) is 1. The Morgan fingerprint density at radius 2 is 1.92 bits per heavy atom. The molecular formula is C22H30BrNO. The standard InChI is InChI=1S/C22H30BrNO/c1-6-22(7-2)14-24(19-9-8-16(23)12-18(19)22)20(25)17-10-11-21(4,5)13-15(17)3/h8-9,12H,6-7,10-11,13-14H2,1-5H3. The van der Waals surface area contributed by atoms with Gasteiger partial charge in [0.2, 0.25) is 0 Å². The fourth-order valence-electron chi connectivity index (χ4n) is 4.72. The summed E-state index contributed by atoms with van der Waals surface area (Å²) in [6.07, 6.45) is 5.15. The summed E-state index contributed by atoms with van der Waals surface area (Å²) in [6.45, 7) is 12.1. The zero-order valence-corrected chi connectivity index (χ0v) is 17.8. The molecule has 3 heteroatoms. The molecule has 1 aliphatic carbocycles. The number of fused-ring (bicyclic) bond motifs is 1.